The summed E-state index contributed by atoms with van der Waals surface area (Å²) < 4.78 is 0. The Bertz CT molecular complexity index is 395. The molecule has 0 aromatic heterocycles. The van der Waals surface area contributed by atoms with E-state index in [1.807, 2.05) is 0 Å². The van der Waals surface area contributed by atoms with Crippen molar-refractivity contribution in [3.05, 3.63) is 12.2 Å². The molecule has 0 aromatic carbocycles. The van der Waals surface area contributed by atoms with Crippen molar-refractivity contribution in [2.75, 3.05) is 0 Å². The first-order valence-electron chi connectivity index (χ1n) is 4.47. The first kappa shape index (κ1) is 7.79. The van der Waals surface area contributed by atoms with Gasteiger partial charge in [-0.2, -0.15) is 0 Å². The van der Waals surface area contributed by atoms with Gasteiger partial charge in [0, 0.05) is 11.8 Å². The van der Waals surface area contributed by atoms with Crippen LogP contribution in [0, 0.1) is 23.7 Å². The fraction of sp³-hybridized carbons (Fsp3) is 0.400. The van der Waals surface area contributed by atoms with Gasteiger partial charge >= 0.3 is 0 Å². The molecule has 14 heavy (non-hydrogen) atoms. The largest absolute Gasteiger partial charge is 0.298 e. The molecule has 4 unspecified atom stereocenters. The molecule has 0 amide bonds. The van der Waals surface area contributed by atoms with Crippen LogP contribution in [-0.2, 0) is 19.2 Å². The summed E-state index contributed by atoms with van der Waals surface area (Å²) in [5.74, 6) is -4.66. The van der Waals surface area contributed by atoms with E-state index in [-0.39, 0.29) is 5.78 Å². The van der Waals surface area contributed by atoms with Crippen molar-refractivity contribution in [2.45, 2.75) is 0 Å². The van der Waals surface area contributed by atoms with E-state index in [4.69, 9.17) is 0 Å². The van der Waals surface area contributed by atoms with Gasteiger partial charge in [-0.25, -0.2) is 0 Å². The number of carbonyl (C=O) groups excluding carboxylic acids is 4. The van der Waals surface area contributed by atoms with Crippen LogP contribution in [0.1, 0.15) is 0 Å². The average Bonchev–Trinajstić information content (AvgIpc) is 2.74. The van der Waals surface area contributed by atoms with Gasteiger partial charge in [-0.3, -0.25) is 19.2 Å². The number of rotatable bonds is 0. The second kappa shape index (κ2) is 2.08. The predicted octanol–water partition coefficient (Wildman–Crippen LogP) is -0.675. The highest BCUT2D eigenvalue weighted by atomic mass is 16.2. The predicted molar refractivity (Wildman–Crippen MR) is 43.1 cm³/mol. The molecule has 2 bridgehead atoms. The Morgan fingerprint density at radius 2 is 1.21 bits per heavy atom. The highest BCUT2D eigenvalue weighted by molar-refractivity contribution is 6.68. The molecule has 2 fully saturated rings. The maximum absolute atomic E-state index is 11.5. The summed E-state index contributed by atoms with van der Waals surface area (Å²) in [5, 5.41) is 0. The molecule has 2 saturated carbocycles. The minimum Gasteiger partial charge on any atom is -0.298 e. The first-order chi connectivity index (χ1) is 6.63. The summed E-state index contributed by atoms with van der Waals surface area (Å²) >= 11 is 0. The van der Waals surface area contributed by atoms with E-state index < -0.39 is 41.0 Å². The number of ketones is 4. The molecule has 3 aliphatic carbocycles. The SMILES string of the molecule is O=C1C(=O)C2C3C=CC(C3=O)C2C1=O. The minimum atomic E-state index is -0.911. The van der Waals surface area contributed by atoms with Crippen molar-refractivity contribution < 1.29 is 19.2 Å². The Labute approximate surface area is 79.0 Å². The van der Waals surface area contributed by atoms with Crippen molar-refractivity contribution in [3.8, 4) is 0 Å². The Morgan fingerprint density at radius 3 is 1.64 bits per heavy atom. The molecule has 0 aromatic rings. The van der Waals surface area contributed by atoms with Crippen molar-refractivity contribution >= 4 is 23.1 Å². The van der Waals surface area contributed by atoms with Crippen LogP contribution in [0.2, 0.25) is 0 Å². The summed E-state index contributed by atoms with van der Waals surface area (Å²) in [6.45, 7) is 0. The van der Waals surface area contributed by atoms with Crippen LogP contribution in [0.4, 0.5) is 0 Å². The lowest BCUT2D eigenvalue weighted by molar-refractivity contribution is -0.142. The van der Waals surface area contributed by atoms with Gasteiger partial charge in [0.2, 0.25) is 11.6 Å². The standard InChI is InChI=1S/C10H6O4/c11-7-3-1-2-4(7)6-5(3)8(12)10(14)9(6)13/h1-6H. The van der Waals surface area contributed by atoms with Crippen molar-refractivity contribution in [1.29, 1.82) is 0 Å². The number of hydrogen-bond donors (Lipinski definition) is 0. The topological polar surface area (TPSA) is 68.3 Å². The zero-order valence-electron chi connectivity index (χ0n) is 7.10. The maximum Gasteiger partial charge on any atom is 0.264 e. The third kappa shape index (κ3) is 0.595. The number of allylic oxidation sites excluding steroid dienone is 2. The number of hydrogen-bond acceptors (Lipinski definition) is 4. The van der Waals surface area contributed by atoms with E-state index >= 15 is 0 Å². The van der Waals surface area contributed by atoms with E-state index in [0.29, 0.717) is 0 Å². The van der Waals surface area contributed by atoms with Gasteiger partial charge in [-0.15, -0.1) is 0 Å². The number of Topliss-reactive ketones (excluding diaryl/α,β-unsaturated/α-hetero) is 4. The van der Waals surface area contributed by atoms with Gasteiger partial charge in [0.15, 0.2) is 0 Å². The van der Waals surface area contributed by atoms with Crippen molar-refractivity contribution in [2.24, 2.45) is 23.7 Å². The van der Waals surface area contributed by atoms with Crippen LogP contribution in [0.15, 0.2) is 12.2 Å². The Morgan fingerprint density at radius 1 is 0.786 bits per heavy atom. The van der Waals surface area contributed by atoms with Gasteiger partial charge in [0.1, 0.15) is 5.78 Å². The molecule has 3 rings (SSSR count). The monoisotopic (exact) mass is 190 g/mol. The maximum atomic E-state index is 11.5. The van der Waals surface area contributed by atoms with Gasteiger partial charge in [0.25, 0.3) is 5.78 Å². The number of fused-ring (bicyclic) bond motifs is 5. The van der Waals surface area contributed by atoms with E-state index in [9.17, 15) is 19.2 Å². The molecule has 4 atom stereocenters. The highest BCUT2D eigenvalue weighted by Gasteiger charge is 2.63. The van der Waals surface area contributed by atoms with E-state index in [1.54, 1.807) is 12.2 Å². The summed E-state index contributed by atoms with van der Waals surface area (Å²) in [7, 11) is 0. The molecule has 0 N–H and O–H groups in total. The fourth-order valence-corrected chi connectivity index (χ4v) is 2.77. The molecule has 4 nitrogen and oxygen atoms in total. The second-order valence-corrected chi connectivity index (χ2v) is 3.95. The van der Waals surface area contributed by atoms with E-state index in [0.717, 1.165) is 0 Å². The van der Waals surface area contributed by atoms with Gasteiger partial charge in [-0.05, 0) is 0 Å². The zero-order chi connectivity index (χ0) is 10.0. The van der Waals surface area contributed by atoms with Gasteiger partial charge in [0.05, 0.1) is 11.8 Å². The fourth-order valence-electron chi connectivity index (χ4n) is 2.77. The summed E-state index contributed by atoms with van der Waals surface area (Å²) in [6.07, 6.45) is 3.30. The lowest BCUT2D eigenvalue weighted by atomic mass is 9.85. The summed E-state index contributed by atoms with van der Waals surface area (Å²) in [5.41, 5.74) is 0. The molecule has 0 heterocycles. The molecule has 0 radical (unpaired) electrons. The lowest BCUT2D eigenvalue weighted by Gasteiger charge is -2.13. The molecule has 0 aliphatic heterocycles. The first-order valence-corrected chi connectivity index (χ1v) is 4.47. The van der Waals surface area contributed by atoms with Gasteiger partial charge in [-0.1, -0.05) is 12.2 Å². The summed E-state index contributed by atoms with van der Waals surface area (Å²) in [4.78, 5) is 45.4. The van der Waals surface area contributed by atoms with Crippen LogP contribution in [0.3, 0.4) is 0 Å². The molecule has 4 heteroatoms. The van der Waals surface area contributed by atoms with Gasteiger partial charge < -0.3 is 0 Å². The third-order valence-corrected chi connectivity index (χ3v) is 3.40. The highest BCUT2D eigenvalue weighted by Crippen LogP contribution is 2.49. The second-order valence-electron chi connectivity index (χ2n) is 3.95. The Hall–Kier alpha value is -1.58. The molecular formula is C10H6O4. The molecular weight excluding hydrogens is 184 g/mol. The van der Waals surface area contributed by atoms with Crippen LogP contribution in [0.5, 0.6) is 0 Å². The van der Waals surface area contributed by atoms with Crippen LogP contribution in [0.25, 0.3) is 0 Å². The zero-order valence-corrected chi connectivity index (χ0v) is 7.10. The Kier molecular flexibility index (Phi) is 1.16. The Balaban J connectivity index is 2.17. The minimum absolute atomic E-state index is 0.0748. The summed E-state index contributed by atoms with van der Waals surface area (Å²) in [6, 6.07) is 0. The van der Waals surface area contributed by atoms with Crippen LogP contribution >= 0.6 is 0 Å². The lowest BCUT2D eigenvalue weighted by Crippen LogP contribution is -2.23. The van der Waals surface area contributed by atoms with Crippen molar-refractivity contribution in [3.63, 3.8) is 0 Å². The average molecular weight is 190 g/mol. The molecule has 70 valence electrons. The van der Waals surface area contributed by atoms with Crippen LogP contribution in [-0.4, -0.2) is 23.1 Å². The van der Waals surface area contributed by atoms with E-state index in [1.165, 1.54) is 0 Å². The smallest absolute Gasteiger partial charge is 0.264 e. The van der Waals surface area contributed by atoms with Crippen molar-refractivity contribution in [1.82, 2.24) is 0 Å². The number of carbonyl (C=O) groups is 4. The normalized spacial score (nSPS) is 44.0. The molecule has 3 aliphatic rings. The van der Waals surface area contributed by atoms with Crippen LogP contribution < -0.4 is 0 Å². The molecule has 0 spiro atoms. The quantitative estimate of drug-likeness (QED) is 0.375. The van der Waals surface area contributed by atoms with E-state index in [2.05, 4.69) is 0 Å². The third-order valence-electron chi connectivity index (χ3n) is 3.40. The molecule has 0 saturated heterocycles.